The summed E-state index contributed by atoms with van der Waals surface area (Å²) in [7, 11) is 0. The van der Waals surface area contributed by atoms with Crippen molar-refractivity contribution < 1.29 is 0 Å². The molecule has 82 valence electrons. The lowest BCUT2D eigenvalue weighted by molar-refractivity contribution is 0.668. The molecule has 15 heavy (non-hydrogen) atoms. The number of fused-ring (bicyclic) bond motifs is 1. The molecule has 0 fully saturated rings. The van der Waals surface area contributed by atoms with Crippen molar-refractivity contribution in [2.24, 2.45) is 0 Å². The zero-order valence-corrected chi connectivity index (χ0v) is 12.1. The molecule has 2 rings (SSSR count). The van der Waals surface area contributed by atoms with Crippen LogP contribution in [0.3, 0.4) is 0 Å². The molecule has 0 atom stereocenters. The summed E-state index contributed by atoms with van der Waals surface area (Å²) >= 11 is 7.44. The van der Waals surface area contributed by atoms with Gasteiger partial charge >= 0.3 is 0 Å². The third kappa shape index (κ3) is 2.63. The highest BCUT2D eigenvalue weighted by atomic mass is 79.9. The van der Waals surface area contributed by atoms with Crippen LogP contribution >= 0.6 is 38.6 Å². The smallest absolute Gasteiger partial charge is 0.0751 e. The van der Waals surface area contributed by atoms with Crippen LogP contribution in [0.1, 0.15) is 38.2 Å². The first kappa shape index (κ1) is 11.6. The summed E-state index contributed by atoms with van der Waals surface area (Å²) in [4.78, 5) is 0. The molecule has 0 aliphatic carbocycles. The Morgan fingerprint density at radius 2 is 2.13 bits per heavy atom. The Balaban J connectivity index is 2.05. The normalized spacial score (nSPS) is 11.3. The van der Waals surface area contributed by atoms with Gasteiger partial charge in [0.05, 0.1) is 3.79 Å². The van der Waals surface area contributed by atoms with Gasteiger partial charge < -0.3 is 0 Å². The maximum atomic E-state index is 3.68. The summed E-state index contributed by atoms with van der Waals surface area (Å²) in [5, 5.41) is 2.20. The van der Waals surface area contributed by atoms with Gasteiger partial charge in [0.25, 0.3) is 0 Å². The number of hydrogen-bond acceptors (Lipinski definition) is 2. The summed E-state index contributed by atoms with van der Waals surface area (Å²) in [6, 6.07) is 2.23. The minimum Gasteiger partial charge on any atom is -0.143 e. The molecule has 0 radical (unpaired) electrons. The molecule has 0 aliphatic heterocycles. The fourth-order valence-corrected chi connectivity index (χ4v) is 5.00. The van der Waals surface area contributed by atoms with Gasteiger partial charge in [-0.3, -0.25) is 0 Å². The Hall–Kier alpha value is 0.140. The molecule has 2 aromatic rings. The van der Waals surface area contributed by atoms with Crippen molar-refractivity contribution in [1.82, 2.24) is 0 Å². The van der Waals surface area contributed by atoms with E-state index in [0.29, 0.717) is 0 Å². The highest BCUT2D eigenvalue weighted by Gasteiger charge is 2.10. The number of rotatable bonds is 5. The van der Waals surface area contributed by atoms with Crippen LogP contribution in [-0.4, -0.2) is 0 Å². The van der Waals surface area contributed by atoms with E-state index in [1.54, 1.807) is 5.56 Å². The van der Waals surface area contributed by atoms with Crippen LogP contribution in [0.25, 0.3) is 9.40 Å². The molecule has 0 nitrogen and oxygen atoms in total. The Bertz CT molecular complexity index is 428. The zero-order chi connectivity index (χ0) is 10.7. The van der Waals surface area contributed by atoms with Gasteiger partial charge in [-0.05, 0) is 45.8 Å². The quantitative estimate of drug-likeness (QED) is 0.608. The first-order valence-electron chi connectivity index (χ1n) is 5.47. The Labute approximate surface area is 107 Å². The van der Waals surface area contributed by atoms with Crippen LogP contribution in [0.4, 0.5) is 0 Å². The number of halogens is 1. The van der Waals surface area contributed by atoms with E-state index in [0.717, 1.165) is 0 Å². The van der Waals surface area contributed by atoms with Crippen LogP contribution in [0.5, 0.6) is 0 Å². The Kier molecular flexibility index (Phi) is 4.23. The van der Waals surface area contributed by atoms with E-state index in [1.807, 2.05) is 22.7 Å². The zero-order valence-electron chi connectivity index (χ0n) is 8.88. The molecule has 2 heterocycles. The van der Waals surface area contributed by atoms with Gasteiger partial charge in [0, 0.05) is 9.40 Å². The fraction of sp³-hybridized carbons (Fsp3) is 0.500. The van der Waals surface area contributed by atoms with Crippen LogP contribution in [-0.2, 0) is 6.42 Å². The van der Waals surface area contributed by atoms with Crippen molar-refractivity contribution in [3.8, 4) is 0 Å². The molecule has 0 bridgehead atoms. The summed E-state index contributed by atoms with van der Waals surface area (Å²) in [6.07, 6.45) is 6.62. The molecule has 2 aromatic heterocycles. The lowest BCUT2D eigenvalue weighted by Gasteiger charge is -1.99. The number of thiophene rings is 2. The minimum atomic E-state index is 1.24. The van der Waals surface area contributed by atoms with Crippen LogP contribution in [0, 0.1) is 0 Å². The first-order valence-corrected chi connectivity index (χ1v) is 7.96. The Morgan fingerprint density at radius 1 is 1.27 bits per heavy atom. The van der Waals surface area contributed by atoms with Gasteiger partial charge in [0.15, 0.2) is 0 Å². The van der Waals surface area contributed by atoms with E-state index in [1.165, 1.54) is 45.3 Å². The lowest BCUT2D eigenvalue weighted by Crippen LogP contribution is -1.83. The SMILES string of the molecule is CCCCCCc1c(Br)sc2ccsc12. The monoisotopic (exact) mass is 302 g/mol. The minimum absolute atomic E-state index is 1.24. The molecule has 0 spiro atoms. The van der Waals surface area contributed by atoms with E-state index in [9.17, 15) is 0 Å². The number of aryl methyl sites for hydroxylation is 1. The summed E-state index contributed by atoms with van der Waals surface area (Å²) in [5.74, 6) is 0. The molecule has 0 aliphatic rings. The molecule has 0 unspecified atom stereocenters. The lowest BCUT2D eigenvalue weighted by atomic mass is 10.1. The first-order chi connectivity index (χ1) is 7.33. The van der Waals surface area contributed by atoms with Gasteiger partial charge in [-0.15, -0.1) is 22.7 Å². The van der Waals surface area contributed by atoms with Crippen LogP contribution in [0.15, 0.2) is 15.2 Å². The van der Waals surface area contributed by atoms with Crippen molar-refractivity contribution in [1.29, 1.82) is 0 Å². The second-order valence-corrected chi connectivity index (χ2v) is 7.07. The van der Waals surface area contributed by atoms with Gasteiger partial charge in [0.1, 0.15) is 0 Å². The van der Waals surface area contributed by atoms with E-state index < -0.39 is 0 Å². The van der Waals surface area contributed by atoms with E-state index in [-0.39, 0.29) is 0 Å². The van der Waals surface area contributed by atoms with Crippen LogP contribution in [0.2, 0.25) is 0 Å². The highest BCUT2D eigenvalue weighted by molar-refractivity contribution is 9.11. The standard InChI is InChI=1S/C12H15BrS2/c1-2-3-4-5-6-9-11-10(7-8-14-11)15-12(9)13/h7-8H,2-6H2,1H3. The maximum Gasteiger partial charge on any atom is 0.0751 e. The van der Waals surface area contributed by atoms with Crippen molar-refractivity contribution in [3.63, 3.8) is 0 Å². The topological polar surface area (TPSA) is 0 Å². The molecular formula is C12H15BrS2. The summed E-state index contributed by atoms with van der Waals surface area (Å²) < 4.78 is 4.29. The predicted octanol–water partition coefficient (Wildman–Crippen LogP) is 5.85. The molecule has 0 saturated carbocycles. The second kappa shape index (κ2) is 5.46. The third-order valence-electron chi connectivity index (χ3n) is 2.62. The third-order valence-corrected chi connectivity index (χ3v) is 5.67. The second-order valence-electron chi connectivity index (χ2n) is 3.78. The summed E-state index contributed by atoms with van der Waals surface area (Å²) in [6.45, 7) is 2.26. The largest absolute Gasteiger partial charge is 0.143 e. The molecule has 0 N–H and O–H groups in total. The van der Waals surface area contributed by atoms with E-state index in [2.05, 4.69) is 34.3 Å². The highest BCUT2D eigenvalue weighted by Crippen LogP contribution is 2.39. The average Bonchev–Trinajstić information content (AvgIpc) is 2.75. The van der Waals surface area contributed by atoms with E-state index >= 15 is 0 Å². The number of unbranched alkanes of at least 4 members (excludes halogenated alkanes) is 3. The molecule has 3 heteroatoms. The van der Waals surface area contributed by atoms with Crippen LogP contribution < -0.4 is 0 Å². The molecule has 0 amide bonds. The number of hydrogen-bond donors (Lipinski definition) is 0. The molecule has 0 aromatic carbocycles. The Morgan fingerprint density at radius 3 is 2.93 bits per heavy atom. The maximum absolute atomic E-state index is 3.68. The van der Waals surface area contributed by atoms with Gasteiger partial charge in [-0.1, -0.05) is 26.2 Å². The van der Waals surface area contributed by atoms with Gasteiger partial charge in [0.2, 0.25) is 0 Å². The predicted molar refractivity (Wildman–Crippen MR) is 75.2 cm³/mol. The van der Waals surface area contributed by atoms with Gasteiger partial charge in [-0.25, -0.2) is 0 Å². The van der Waals surface area contributed by atoms with E-state index in [4.69, 9.17) is 0 Å². The van der Waals surface area contributed by atoms with Gasteiger partial charge in [-0.2, -0.15) is 0 Å². The van der Waals surface area contributed by atoms with Crippen molar-refractivity contribution in [2.45, 2.75) is 39.0 Å². The summed E-state index contributed by atoms with van der Waals surface area (Å²) in [5.41, 5.74) is 1.54. The van der Waals surface area contributed by atoms with Crippen molar-refractivity contribution in [3.05, 3.63) is 20.8 Å². The fourth-order valence-electron chi connectivity index (χ4n) is 1.79. The van der Waals surface area contributed by atoms with Crippen molar-refractivity contribution in [2.75, 3.05) is 0 Å². The van der Waals surface area contributed by atoms with Crippen molar-refractivity contribution >= 4 is 48.0 Å². The molecular weight excluding hydrogens is 288 g/mol. The molecule has 0 saturated heterocycles. The average molecular weight is 303 g/mol.